The monoisotopic (exact) mass is 567 g/mol. The number of rotatable bonds is 10. The fourth-order valence-corrected chi connectivity index (χ4v) is 5.83. The number of anilines is 1. The van der Waals surface area contributed by atoms with Gasteiger partial charge in [0.15, 0.2) is 5.75 Å². The average Bonchev–Trinajstić information content (AvgIpc) is 2.95. The minimum atomic E-state index is -4.00. The third kappa shape index (κ3) is 6.75. The number of hydrogen-bond donors (Lipinski definition) is 2. The van der Waals surface area contributed by atoms with E-state index >= 15 is 0 Å². The first-order valence-electron chi connectivity index (χ1n) is 13.2. The molecule has 10 heteroatoms. The van der Waals surface area contributed by atoms with E-state index in [0.29, 0.717) is 25.4 Å². The molecule has 0 saturated heterocycles. The molecular formula is C30H37N3O6S. The number of hydrogen-bond acceptors (Lipinski definition) is 7. The van der Waals surface area contributed by atoms with Crippen molar-refractivity contribution in [1.82, 2.24) is 9.80 Å². The molecule has 0 bridgehead atoms. The second-order valence-corrected chi connectivity index (χ2v) is 12.0. The number of nitrogens with zero attached hydrogens (tertiary/aromatic N) is 2. The smallest absolute Gasteiger partial charge is 0.262 e. The molecule has 3 atom stereocenters. The van der Waals surface area contributed by atoms with Gasteiger partial charge in [-0.05, 0) is 55.9 Å². The van der Waals surface area contributed by atoms with E-state index in [0.717, 1.165) is 5.56 Å². The van der Waals surface area contributed by atoms with Gasteiger partial charge in [-0.25, -0.2) is 8.42 Å². The van der Waals surface area contributed by atoms with Crippen molar-refractivity contribution in [2.75, 3.05) is 38.6 Å². The van der Waals surface area contributed by atoms with Gasteiger partial charge in [0.05, 0.1) is 35.9 Å². The number of methoxy groups -OCH3 is 1. The lowest BCUT2D eigenvalue weighted by Gasteiger charge is -2.38. The van der Waals surface area contributed by atoms with Gasteiger partial charge >= 0.3 is 0 Å². The van der Waals surface area contributed by atoms with Crippen molar-refractivity contribution >= 4 is 21.6 Å². The van der Waals surface area contributed by atoms with E-state index in [4.69, 9.17) is 9.47 Å². The Morgan fingerprint density at radius 1 is 1.10 bits per heavy atom. The lowest BCUT2D eigenvalue weighted by atomic mass is 9.99. The summed E-state index contributed by atoms with van der Waals surface area (Å²) in [6.07, 6.45) is -0.374. The summed E-state index contributed by atoms with van der Waals surface area (Å²) in [4.78, 5) is 17.5. The van der Waals surface area contributed by atoms with E-state index in [1.165, 1.54) is 19.2 Å². The van der Waals surface area contributed by atoms with Crippen LogP contribution >= 0.6 is 0 Å². The molecule has 2 N–H and O–H groups in total. The quantitative estimate of drug-likeness (QED) is 0.383. The number of aliphatic hydroxyl groups excluding tert-OH is 1. The van der Waals surface area contributed by atoms with Crippen molar-refractivity contribution in [1.29, 1.82) is 0 Å². The van der Waals surface area contributed by atoms with Crippen molar-refractivity contribution in [3.8, 4) is 11.5 Å². The fourth-order valence-electron chi connectivity index (χ4n) is 4.77. The number of aliphatic hydroxyl groups is 1. The maximum atomic E-state index is 13.7. The van der Waals surface area contributed by atoms with E-state index in [-0.39, 0.29) is 46.4 Å². The van der Waals surface area contributed by atoms with Crippen LogP contribution in [0, 0.1) is 5.92 Å². The molecule has 0 radical (unpaired) electrons. The number of benzene rings is 3. The molecule has 0 aromatic heterocycles. The molecule has 214 valence electrons. The molecule has 0 saturated carbocycles. The third-order valence-electron chi connectivity index (χ3n) is 7.09. The lowest BCUT2D eigenvalue weighted by molar-refractivity contribution is 0.0344. The van der Waals surface area contributed by atoms with Crippen molar-refractivity contribution in [2.24, 2.45) is 5.92 Å². The van der Waals surface area contributed by atoms with Crippen LogP contribution in [0.3, 0.4) is 0 Å². The largest absolute Gasteiger partial charge is 0.497 e. The van der Waals surface area contributed by atoms with Crippen LogP contribution in [-0.2, 0) is 16.6 Å². The van der Waals surface area contributed by atoms with E-state index in [1.807, 2.05) is 32.2 Å². The van der Waals surface area contributed by atoms with Crippen molar-refractivity contribution in [3.05, 3.63) is 83.9 Å². The number of carbonyl (C=O) groups excluding carboxylic acids is 1. The van der Waals surface area contributed by atoms with Crippen molar-refractivity contribution < 1.29 is 27.8 Å². The minimum Gasteiger partial charge on any atom is -0.497 e. The second-order valence-electron chi connectivity index (χ2n) is 10.3. The highest BCUT2D eigenvalue weighted by molar-refractivity contribution is 7.92. The first kappa shape index (κ1) is 29.4. The molecule has 0 unspecified atom stereocenters. The Balaban J connectivity index is 1.70. The number of para-hydroxylation sites is 1. The highest BCUT2D eigenvalue weighted by atomic mass is 32.2. The molecule has 0 spiro atoms. The zero-order valence-corrected chi connectivity index (χ0v) is 24.1. The molecule has 3 aromatic rings. The number of nitrogens with one attached hydrogen (secondary N) is 1. The standard InChI is InChI=1S/C30H37N3O6S/c1-21-17-33(22(2)20-34)30(35)26-11-8-12-27(31-40(36,37)25-15-13-24(38-4)14-16-25)29(26)39-28(21)19-32(3)18-23-9-6-5-7-10-23/h5-16,21-22,28,31,34H,17-20H2,1-4H3/t21-,22+,28+/m0/s1. The van der Waals surface area contributed by atoms with Gasteiger partial charge in [0, 0.05) is 25.6 Å². The zero-order valence-electron chi connectivity index (χ0n) is 23.3. The van der Waals surface area contributed by atoms with Gasteiger partial charge in [0.2, 0.25) is 0 Å². The van der Waals surface area contributed by atoms with Crippen LogP contribution in [0.15, 0.2) is 77.7 Å². The highest BCUT2D eigenvalue weighted by Crippen LogP contribution is 2.36. The zero-order chi connectivity index (χ0) is 28.9. The van der Waals surface area contributed by atoms with Gasteiger partial charge in [0.1, 0.15) is 11.9 Å². The molecule has 1 amide bonds. The summed E-state index contributed by atoms with van der Waals surface area (Å²) in [5.41, 5.74) is 1.56. The molecule has 1 aliphatic rings. The van der Waals surface area contributed by atoms with Gasteiger partial charge in [-0.3, -0.25) is 14.4 Å². The van der Waals surface area contributed by atoms with E-state index < -0.39 is 16.1 Å². The number of sulfonamides is 1. The Morgan fingerprint density at radius 3 is 2.45 bits per heavy atom. The van der Waals surface area contributed by atoms with Gasteiger partial charge < -0.3 is 19.5 Å². The third-order valence-corrected chi connectivity index (χ3v) is 8.47. The summed E-state index contributed by atoms with van der Waals surface area (Å²) >= 11 is 0. The second kappa shape index (κ2) is 12.7. The van der Waals surface area contributed by atoms with Crippen LogP contribution in [0.1, 0.15) is 29.8 Å². The van der Waals surface area contributed by atoms with E-state index in [1.54, 1.807) is 42.2 Å². The van der Waals surface area contributed by atoms with Crippen LogP contribution in [-0.4, -0.2) is 75.2 Å². The average molecular weight is 568 g/mol. The molecule has 1 aliphatic heterocycles. The number of amides is 1. The Hall–Kier alpha value is -3.60. The number of carbonyl (C=O) groups is 1. The first-order chi connectivity index (χ1) is 19.1. The van der Waals surface area contributed by atoms with Gasteiger partial charge in [-0.15, -0.1) is 0 Å². The van der Waals surface area contributed by atoms with E-state index in [9.17, 15) is 18.3 Å². The van der Waals surface area contributed by atoms with Gasteiger partial charge in [-0.1, -0.05) is 43.3 Å². The Kier molecular flexibility index (Phi) is 9.34. The maximum Gasteiger partial charge on any atom is 0.262 e. The lowest BCUT2D eigenvalue weighted by Crippen LogP contribution is -2.49. The summed E-state index contributed by atoms with van der Waals surface area (Å²) < 4.78 is 41.0. The number of fused-ring (bicyclic) bond motifs is 1. The van der Waals surface area contributed by atoms with Crippen LogP contribution < -0.4 is 14.2 Å². The topological polar surface area (TPSA) is 108 Å². The number of likely N-dealkylation sites (N-methyl/N-ethyl adjacent to an activating group) is 1. The molecular weight excluding hydrogens is 530 g/mol. The molecule has 3 aromatic carbocycles. The minimum absolute atomic E-state index is 0.0473. The van der Waals surface area contributed by atoms with Crippen molar-refractivity contribution in [2.45, 2.75) is 37.4 Å². The summed E-state index contributed by atoms with van der Waals surface area (Å²) in [6.45, 7) is 5.20. The van der Waals surface area contributed by atoms with Crippen LogP contribution in [0.25, 0.3) is 0 Å². The predicted molar refractivity (Wildman–Crippen MR) is 154 cm³/mol. The predicted octanol–water partition coefficient (Wildman–Crippen LogP) is 3.85. The summed E-state index contributed by atoms with van der Waals surface area (Å²) in [5.74, 6) is 0.261. The van der Waals surface area contributed by atoms with E-state index in [2.05, 4.69) is 21.8 Å². The molecule has 40 heavy (non-hydrogen) atoms. The van der Waals surface area contributed by atoms with Crippen molar-refractivity contribution in [3.63, 3.8) is 0 Å². The number of ether oxygens (including phenoxy) is 2. The Labute approximate surface area is 236 Å². The molecule has 4 rings (SSSR count). The molecule has 0 aliphatic carbocycles. The van der Waals surface area contributed by atoms with Crippen LogP contribution in [0.5, 0.6) is 11.5 Å². The SMILES string of the molecule is COc1ccc(S(=O)(=O)Nc2cccc3c2O[C@H](CN(C)Cc2ccccc2)[C@@H](C)CN([C@H](C)CO)C3=O)cc1. The highest BCUT2D eigenvalue weighted by Gasteiger charge is 2.35. The van der Waals surface area contributed by atoms with Gasteiger partial charge in [0.25, 0.3) is 15.9 Å². The fraction of sp³-hybridized carbons (Fsp3) is 0.367. The summed E-state index contributed by atoms with van der Waals surface area (Å²) in [6, 6.07) is 20.5. The maximum absolute atomic E-state index is 13.7. The van der Waals surface area contributed by atoms with Crippen LogP contribution in [0.2, 0.25) is 0 Å². The molecule has 1 heterocycles. The first-order valence-corrected chi connectivity index (χ1v) is 14.7. The van der Waals surface area contributed by atoms with Gasteiger partial charge in [-0.2, -0.15) is 0 Å². The summed E-state index contributed by atoms with van der Waals surface area (Å²) in [7, 11) is -0.493. The Morgan fingerprint density at radius 2 is 1.80 bits per heavy atom. The summed E-state index contributed by atoms with van der Waals surface area (Å²) in [5, 5.41) is 9.91. The molecule has 0 fully saturated rings. The normalized spacial score (nSPS) is 18.4. The Bertz CT molecular complexity index is 1400. The molecule has 9 nitrogen and oxygen atoms in total. The van der Waals surface area contributed by atoms with Crippen LogP contribution in [0.4, 0.5) is 5.69 Å².